The smallest absolute Gasteiger partial charge is 0.325 e. The van der Waals surface area contributed by atoms with Gasteiger partial charge in [-0.25, -0.2) is 4.39 Å². The summed E-state index contributed by atoms with van der Waals surface area (Å²) in [5.74, 6) is -2.02. The second-order valence-electron chi connectivity index (χ2n) is 4.56. The highest BCUT2D eigenvalue weighted by Crippen LogP contribution is 2.21. The van der Waals surface area contributed by atoms with E-state index in [4.69, 9.17) is 27.9 Å². The third-order valence-electron chi connectivity index (χ3n) is 2.92. The normalized spacial score (nSPS) is 10.2. The maximum atomic E-state index is 13.4. The molecule has 0 radical (unpaired) electrons. The highest BCUT2D eigenvalue weighted by atomic mass is 35.5. The minimum Gasteiger partial charge on any atom is -0.459 e. The molecule has 1 N–H and O–H groups in total. The van der Waals surface area contributed by atoms with Crippen molar-refractivity contribution in [3.8, 4) is 0 Å². The van der Waals surface area contributed by atoms with Crippen LogP contribution < -0.4 is 5.32 Å². The number of esters is 1. The molecule has 2 aromatic rings. The van der Waals surface area contributed by atoms with Crippen molar-refractivity contribution in [2.75, 3.05) is 6.54 Å². The average molecular weight is 356 g/mol. The monoisotopic (exact) mass is 355 g/mol. The molecule has 2 aromatic carbocycles. The molecule has 0 unspecified atom stereocenters. The Morgan fingerprint density at radius 3 is 2.57 bits per heavy atom. The van der Waals surface area contributed by atoms with Gasteiger partial charge in [0.15, 0.2) is 0 Å². The summed E-state index contributed by atoms with van der Waals surface area (Å²) in [6.07, 6.45) is 0. The summed E-state index contributed by atoms with van der Waals surface area (Å²) < 4.78 is 18.4. The van der Waals surface area contributed by atoms with Crippen LogP contribution in [0.4, 0.5) is 4.39 Å². The summed E-state index contributed by atoms with van der Waals surface area (Å²) in [6, 6.07) is 10.3. The predicted octanol–water partition coefficient (Wildman–Crippen LogP) is 3.61. The van der Waals surface area contributed by atoms with E-state index in [9.17, 15) is 14.0 Å². The van der Waals surface area contributed by atoms with Gasteiger partial charge in [0.1, 0.15) is 19.0 Å². The first-order valence-corrected chi connectivity index (χ1v) is 7.35. The van der Waals surface area contributed by atoms with Gasteiger partial charge in [-0.3, -0.25) is 9.59 Å². The highest BCUT2D eigenvalue weighted by molar-refractivity contribution is 6.35. The Labute approximate surface area is 142 Å². The van der Waals surface area contributed by atoms with E-state index in [1.807, 2.05) is 0 Å². The van der Waals surface area contributed by atoms with E-state index in [1.54, 1.807) is 12.1 Å². The van der Waals surface area contributed by atoms with E-state index < -0.39 is 17.7 Å². The summed E-state index contributed by atoms with van der Waals surface area (Å²) in [5, 5.41) is 3.14. The zero-order valence-electron chi connectivity index (χ0n) is 11.8. The Morgan fingerprint density at radius 2 is 1.87 bits per heavy atom. The van der Waals surface area contributed by atoms with Gasteiger partial charge in [-0.05, 0) is 24.3 Å². The lowest BCUT2D eigenvalue weighted by molar-refractivity contribution is -0.143. The molecule has 0 spiro atoms. The van der Waals surface area contributed by atoms with Crippen molar-refractivity contribution >= 4 is 35.1 Å². The van der Waals surface area contributed by atoms with Gasteiger partial charge in [0.05, 0.1) is 5.56 Å². The number of carbonyl (C=O) groups is 2. The molecule has 0 heterocycles. The standard InChI is InChI=1S/C16H12Cl2FNO3/c17-11-6-5-10(13(18)7-11)9-23-15(21)8-20-16(22)12-3-1-2-4-14(12)19/h1-7H,8-9H2,(H,20,22). The molecular weight excluding hydrogens is 344 g/mol. The number of carbonyl (C=O) groups excluding carboxylic acids is 2. The fourth-order valence-electron chi connectivity index (χ4n) is 1.74. The molecule has 0 aliphatic rings. The number of ether oxygens (including phenoxy) is 1. The molecule has 1 amide bonds. The number of hydrogen-bond donors (Lipinski definition) is 1. The number of amides is 1. The molecule has 7 heteroatoms. The van der Waals surface area contributed by atoms with E-state index in [-0.39, 0.29) is 18.7 Å². The fraction of sp³-hybridized carbons (Fsp3) is 0.125. The second kappa shape index (κ2) is 7.94. The molecule has 0 aliphatic heterocycles. The van der Waals surface area contributed by atoms with Gasteiger partial charge < -0.3 is 10.1 Å². The van der Waals surface area contributed by atoms with Crippen molar-refractivity contribution in [2.45, 2.75) is 6.61 Å². The molecule has 0 fully saturated rings. The average Bonchev–Trinajstić information content (AvgIpc) is 2.52. The molecule has 0 atom stereocenters. The Hall–Kier alpha value is -2.11. The first-order valence-electron chi connectivity index (χ1n) is 6.59. The fourth-order valence-corrected chi connectivity index (χ4v) is 2.20. The Bertz CT molecular complexity index is 737. The molecule has 0 saturated heterocycles. The van der Waals surface area contributed by atoms with E-state index in [0.29, 0.717) is 15.6 Å². The maximum Gasteiger partial charge on any atom is 0.325 e. The molecule has 23 heavy (non-hydrogen) atoms. The van der Waals surface area contributed by atoms with Gasteiger partial charge in [-0.1, -0.05) is 41.4 Å². The second-order valence-corrected chi connectivity index (χ2v) is 5.40. The van der Waals surface area contributed by atoms with Crippen LogP contribution in [0.1, 0.15) is 15.9 Å². The van der Waals surface area contributed by atoms with E-state index in [0.717, 1.165) is 6.07 Å². The number of rotatable bonds is 5. The lowest BCUT2D eigenvalue weighted by Crippen LogP contribution is -2.31. The van der Waals surface area contributed by atoms with Crippen LogP contribution in [0.2, 0.25) is 10.0 Å². The van der Waals surface area contributed by atoms with E-state index in [2.05, 4.69) is 5.32 Å². The summed E-state index contributed by atoms with van der Waals surface area (Å²) in [5.41, 5.74) is 0.450. The van der Waals surface area contributed by atoms with Crippen molar-refractivity contribution in [2.24, 2.45) is 0 Å². The maximum absolute atomic E-state index is 13.4. The molecular formula is C16H12Cl2FNO3. The molecule has 0 aliphatic carbocycles. The van der Waals surface area contributed by atoms with Gasteiger partial charge in [0, 0.05) is 15.6 Å². The van der Waals surface area contributed by atoms with Gasteiger partial charge in [0.25, 0.3) is 5.91 Å². The van der Waals surface area contributed by atoms with Crippen LogP contribution in [0.5, 0.6) is 0 Å². The number of nitrogens with one attached hydrogen (secondary N) is 1. The quantitative estimate of drug-likeness (QED) is 0.833. The van der Waals surface area contributed by atoms with Gasteiger partial charge in [-0.2, -0.15) is 0 Å². The van der Waals surface area contributed by atoms with Gasteiger partial charge in [-0.15, -0.1) is 0 Å². The molecule has 0 saturated carbocycles. The largest absolute Gasteiger partial charge is 0.459 e. The van der Waals surface area contributed by atoms with Crippen LogP contribution in [-0.2, 0) is 16.1 Å². The Kier molecular flexibility index (Phi) is 5.96. The van der Waals surface area contributed by atoms with Crippen LogP contribution in [0, 0.1) is 5.82 Å². The summed E-state index contributed by atoms with van der Waals surface area (Å²) in [7, 11) is 0. The van der Waals surface area contributed by atoms with Crippen LogP contribution >= 0.6 is 23.2 Å². The first-order chi connectivity index (χ1) is 11.0. The SMILES string of the molecule is O=C(CNC(=O)c1ccccc1F)OCc1ccc(Cl)cc1Cl. The van der Waals surface area contributed by atoms with Crippen molar-refractivity contribution in [3.63, 3.8) is 0 Å². The lowest BCUT2D eigenvalue weighted by atomic mass is 10.2. The molecule has 0 bridgehead atoms. The molecule has 4 nitrogen and oxygen atoms in total. The van der Waals surface area contributed by atoms with Crippen LogP contribution in [0.25, 0.3) is 0 Å². The molecule has 120 valence electrons. The topological polar surface area (TPSA) is 55.4 Å². The van der Waals surface area contributed by atoms with Crippen molar-refractivity contribution < 1.29 is 18.7 Å². The van der Waals surface area contributed by atoms with E-state index >= 15 is 0 Å². The van der Waals surface area contributed by atoms with Crippen LogP contribution in [-0.4, -0.2) is 18.4 Å². The Balaban J connectivity index is 1.83. The summed E-state index contributed by atoms with van der Waals surface area (Å²) in [4.78, 5) is 23.4. The zero-order valence-corrected chi connectivity index (χ0v) is 13.3. The molecule has 0 aromatic heterocycles. The zero-order chi connectivity index (χ0) is 16.8. The minimum absolute atomic E-state index is 0.0512. The number of hydrogen-bond acceptors (Lipinski definition) is 3. The van der Waals surface area contributed by atoms with Crippen molar-refractivity contribution in [3.05, 3.63) is 69.5 Å². The number of halogens is 3. The summed E-state index contributed by atoms with van der Waals surface area (Å²) >= 11 is 11.7. The van der Waals surface area contributed by atoms with E-state index in [1.165, 1.54) is 24.3 Å². The Morgan fingerprint density at radius 1 is 1.13 bits per heavy atom. The minimum atomic E-state index is -0.690. The number of benzene rings is 2. The first kappa shape index (κ1) is 17.2. The predicted molar refractivity (Wildman–Crippen MR) is 85.0 cm³/mol. The van der Waals surface area contributed by atoms with Crippen LogP contribution in [0.15, 0.2) is 42.5 Å². The summed E-state index contributed by atoms with van der Waals surface area (Å²) in [6.45, 7) is -0.428. The molecule has 2 rings (SSSR count). The van der Waals surface area contributed by atoms with Gasteiger partial charge in [0.2, 0.25) is 0 Å². The van der Waals surface area contributed by atoms with Crippen molar-refractivity contribution in [1.82, 2.24) is 5.32 Å². The lowest BCUT2D eigenvalue weighted by Gasteiger charge is -2.08. The third kappa shape index (κ3) is 4.94. The van der Waals surface area contributed by atoms with Crippen molar-refractivity contribution in [1.29, 1.82) is 0 Å². The van der Waals surface area contributed by atoms with Crippen LogP contribution in [0.3, 0.4) is 0 Å². The highest BCUT2D eigenvalue weighted by Gasteiger charge is 2.13. The third-order valence-corrected chi connectivity index (χ3v) is 3.50. The van der Waals surface area contributed by atoms with Gasteiger partial charge >= 0.3 is 5.97 Å².